The SMILES string of the molecule is COC(=O)c1ccc(-c2ccc3ccccc3[n+]2[O-])cc1. The van der Waals surface area contributed by atoms with Crippen LogP contribution in [0.5, 0.6) is 0 Å². The zero-order valence-electron chi connectivity index (χ0n) is 11.4. The first-order chi connectivity index (χ1) is 10.2. The van der Waals surface area contributed by atoms with Crippen LogP contribution in [0, 0.1) is 5.21 Å². The van der Waals surface area contributed by atoms with E-state index in [0.29, 0.717) is 16.8 Å². The van der Waals surface area contributed by atoms with Gasteiger partial charge in [0.2, 0.25) is 11.2 Å². The lowest BCUT2D eigenvalue weighted by Gasteiger charge is -2.08. The third-order valence-electron chi connectivity index (χ3n) is 3.40. The summed E-state index contributed by atoms with van der Waals surface area (Å²) < 4.78 is 5.56. The van der Waals surface area contributed by atoms with E-state index in [1.807, 2.05) is 24.3 Å². The van der Waals surface area contributed by atoms with E-state index in [4.69, 9.17) is 0 Å². The Bertz CT molecular complexity index is 810. The molecule has 0 aliphatic rings. The Labute approximate surface area is 121 Å². The first-order valence-corrected chi connectivity index (χ1v) is 6.51. The number of rotatable bonds is 2. The van der Waals surface area contributed by atoms with Crippen molar-refractivity contribution in [2.24, 2.45) is 0 Å². The lowest BCUT2D eigenvalue weighted by atomic mass is 10.1. The minimum absolute atomic E-state index is 0.393. The molecule has 4 heteroatoms. The highest BCUT2D eigenvalue weighted by Crippen LogP contribution is 2.20. The Morgan fingerprint density at radius 1 is 1.00 bits per heavy atom. The van der Waals surface area contributed by atoms with Gasteiger partial charge in [0.05, 0.1) is 12.7 Å². The van der Waals surface area contributed by atoms with Crippen molar-refractivity contribution in [3.05, 3.63) is 71.4 Å². The molecule has 0 amide bonds. The Balaban J connectivity index is 2.08. The highest BCUT2D eigenvalue weighted by Gasteiger charge is 2.13. The summed E-state index contributed by atoms with van der Waals surface area (Å²) in [5.41, 5.74) is 2.38. The van der Waals surface area contributed by atoms with Gasteiger partial charge in [-0.1, -0.05) is 12.1 Å². The van der Waals surface area contributed by atoms with Crippen LogP contribution in [0.3, 0.4) is 0 Å². The van der Waals surface area contributed by atoms with E-state index in [-0.39, 0.29) is 0 Å². The minimum Gasteiger partial charge on any atom is -0.618 e. The molecule has 0 unspecified atom stereocenters. The van der Waals surface area contributed by atoms with Gasteiger partial charge in [0, 0.05) is 23.1 Å². The second-order valence-corrected chi connectivity index (χ2v) is 4.64. The molecule has 0 saturated heterocycles. The van der Waals surface area contributed by atoms with Crippen molar-refractivity contribution < 1.29 is 14.3 Å². The van der Waals surface area contributed by atoms with Crippen LogP contribution in [-0.4, -0.2) is 13.1 Å². The fourth-order valence-electron chi connectivity index (χ4n) is 2.29. The van der Waals surface area contributed by atoms with Gasteiger partial charge in [-0.15, -0.1) is 0 Å². The summed E-state index contributed by atoms with van der Waals surface area (Å²) in [5, 5.41) is 13.3. The molecule has 0 atom stereocenters. The summed E-state index contributed by atoms with van der Waals surface area (Å²) in [6.07, 6.45) is 0. The molecule has 21 heavy (non-hydrogen) atoms. The van der Waals surface area contributed by atoms with Gasteiger partial charge < -0.3 is 9.94 Å². The monoisotopic (exact) mass is 279 g/mol. The van der Waals surface area contributed by atoms with Crippen LogP contribution in [0.2, 0.25) is 0 Å². The number of benzene rings is 2. The van der Waals surface area contributed by atoms with Crippen molar-refractivity contribution in [1.82, 2.24) is 0 Å². The summed E-state index contributed by atoms with van der Waals surface area (Å²) >= 11 is 0. The molecule has 0 fully saturated rings. The number of hydrogen-bond acceptors (Lipinski definition) is 3. The van der Waals surface area contributed by atoms with Gasteiger partial charge in [0.15, 0.2) is 0 Å². The minimum atomic E-state index is -0.393. The molecule has 0 aliphatic carbocycles. The van der Waals surface area contributed by atoms with Gasteiger partial charge in [-0.2, -0.15) is 4.73 Å². The molecule has 3 aromatic rings. The van der Waals surface area contributed by atoms with Gasteiger partial charge >= 0.3 is 5.97 Å². The first kappa shape index (κ1) is 13.1. The van der Waals surface area contributed by atoms with Crippen LogP contribution in [0.1, 0.15) is 10.4 Å². The number of para-hydroxylation sites is 1. The number of ether oxygens (including phenoxy) is 1. The van der Waals surface area contributed by atoms with Gasteiger partial charge in [-0.05, 0) is 36.4 Å². The summed E-state index contributed by atoms with van der Waals surface area (Å²) in [5.74, 6) is -0.393. The number of nitrogens with zero attached hydrogens (tertiary/aromatic N) is 1. The Hall–Kier alpha value is -2.88. The number of hydrogen-bond donors (Lipinski definition) is 0. The summed E-state index contributed by atoms with van der Waals surface area (Å²) in [4.78, 5) is 11.4. The lowest BCUT2D eigenvalue weighted by molar-refractivity contribution is -0.565. The largest absolute Gasteiger partial charge is 0.618 e. The molecule has 0 spiro atoms. The van der Waals surface area contributed by atoms with Crippen LogP contribution in [0.4, 0.5) is 0 Å². The summed E-state index contributed by atoms with van der Waals surface area (Å²) in [6.45, 7) is 0. The van der Waals surface area contributed by atoms with Crippen molar-refractivity contribution >= 4 is 16.9 Å². The molecule has 104 valence electrons. The number of aromatic nitrogens is 1. The van der Waals surface area contributed by atoms with Crippen molar-refractivity contribution in [2.75, 3.05) is 7.11 Å². The number of carbonyl (C=O) groups excluding carboxylic acids is 1. The highest BCUT2D eigenvalue weighted by molar-refractivity contribution is 5.89. The third kappa shape index (κ3) is 2.31. The summed E-state index contributed by atoms with van der Waals surface area (Å²) in [7, 11) is 1.34. The van der Waals surface area contributed by atoms with Crippen LogP contribution in [0.15, 0.2) is 60.7 Å². The number of fused-ring (bicyclic) bond motifs is 1. The second kappa shape index (κ2) is 5.25. The van der Waals surface area contributed by atoms with Crippen molar-refractivity contribution in [1.29, 1.82) is 0 Å². The van der Waals surface area contributed by atoms with Crippen LogP contribution in [-0.2, 0) is 4.74 Å². The zero-order valence-corrected chi connectivity index (χ0v) is 11.4. The fourth-order valence-corrected chi connectivity index (χ4v) is 2.29. The molecule has 2 aromatic carbocycles. The maximum atomic E-state index is 12.4. The van der Waals surface area contributed by atoms with Gasteiger partial charge in [0.25, 0.3) is 0 Å². The maximum Gasteiger partial charge on any atom is 0.337 e. The Morgan fingerprint density at radius 2 is 1.71 bits per heavy atom. The van der Waals surface area contributed by atoms with E-state index in [2.05, 4.69) is 4.74 Å². The van der Waals surface area contributed by atoms with Crippen molar-refractivity contribution in [2.45, 2.75) is 0 Å². The predicted octanol–water partition coefficient (Wildman–Crippen LogP) is 2.93. The number of pyridine rings is 1. The molecule has 1 aromatic heterocycles. The normalized spacial score (nSPS) is 10.5. The molecule has 0 N–H and O–H groups in total. The molecule has 1 heterocycles. The second-order valence-electron chi connectivity index (χ2n) is 4.64. The Kier molecular flexibility index (Phi) is 3.28. The van der Waals surface area contributed by atoms with Crippen LogP contribution >= 0.6 is 0 Å². The average Bonchev–Trinajstić information content (AvgIpc) is 2.55. The standard InChI is InChI=1S/C17H13NO3/c1-21-17(19)14-8-6-13(7-9-14)16-11-10-12-4-2-3-5-15(12)18(16)20/h2-11H,1H3. The molecule has 3 rings (SSSR count). The molecule has 4 nitrogen and oxygen atoms in total. The van der Waals surface area contributed by atoms with E-state index in [9.17, 15) is 10.0 Å². The van der Waals surface area contributed by atoms with Crippen LogP contribution < -0.4 is 4.73 Å². The summed E-state index contributed by atoms with van der Waals surface area (Å²) in [6, 6.07) is 17.9. The third-order valence-corrected chi connectivity index (χ3v) is 3.40. The lowest BCUT2D eigenvalue weighted by Crippen LogP contribution is -2.29. The van der Waals surface area contributed by atoms with Gasteiger partial charge in [0.1, 0.15) is 0 Å². The molecule has 0 aliphatic heterocycles. The smallest absolute Gasteiger partial charge is 0.337 e. The average molecular weight is 279 g/mol. The van der Waals surface area contributed by atoms with E-state index < -0.39 is 5.97 Å². The van der Waals surface area contributed by atoms with E-state index in [1.54, 1.807) is 36.4 Å². The first-order valence-electron chi connectivity index (χ1n) is 6.51. The Morgan fingerprint density at radius 3 is 2.43 bits per heavy atom. The maximum absolute atomic E-state index is 12.4. The quantitative estimate of drug-likeness (QED) is 0.412. The molecular weight excluding hydrogens is 266 g/mol. The topological polar surface area (TPSA) is 53.2 Å². The van der Waals surface area contributed by atoms with Crippen LogP contribution in [0.25, 0.3) is 22.2 Å². The van der Waals surface area contributed by atoms with E-state index >= 15 is 0 Å². The van der Waals surface area contributed by atoms with Crippen molar-refractivity contribution in [3.63, 3.8) is 0 Å². The molecule has 0 bridgehead atoms. The predicted molar refractivity (Wildman–Crippen MR) is 79.7 cm³/mol. The molecule has 0 radical (unpaired) electrons. The van der Waals surface area contributed by atoms with E-state index in [1.165, 1.54) is 7.11 Å². The van der Waals surface area contributed by atoms with E-state index in [0.717, 1.165) is 15.7 Å². The van der Waals surface area contributed by atoms with Crippen molar-refractivity contribution in [3.8, 4) is 11.3 Å². The number of methoxy groups -OCH3 is 1. The van der Waals surface area contributed by atoms with Gasteiger partial charge in [-0.25, -0.2) is 4.79 Å². The molecular formula is C17H13NO3. The number of carbonyl (C=O) groups is 1. The molecule has 0 saturated carbocycles. The zero-order chi connectivity index (χ0) is 14.8. The number of esters is 1. The fraction of sp³-hybridized carbons (Fsp3) is 0.0588. The van der Waals surface area contributed by atoms with Gasteiger partial charge in [-0.3, -0.25) is 0 Å². The highest BCUT2D eigenvalue weighted by atomic mass is 16.5.